The molecule has 0 saturated heterocycles. The van der Waals surface area contributed by atoms with Gasteiger partial charge in [-0.2, -0.15) is 5.10 Å². The maximum Gasteiger partial charge on any atom is 0.216 e. The van der Waals surface area contributed by atoms with E-state index < -0.39 is 0 Å². The van der Waals surface area contributed by atoms with Crippen LogP contribution in [-0.4, -0.2) is 47.9 Å². The van der Waals surface area contributed by atoms with Gasteiger partial charge in [-0.15, -0.1) is 24.0 Å². The summed E-state index contributed by atoms with van der Waals surface area (Å²) >= 11 is 0. The zero-order chi connectivity index (χ0) is 19.6. The van der Waals surface area contributed by atoms with Crippen LogP contribution in [0.4, 0.5) is 0 Å². The third kappa shape index (κ3) is 7.08. The Morgan fingerprint density at radius 3 is 2.69 bits per heavy atom. The van der Waals surface area contributed by atoms with Crippen LogP contribution in [0.15, 0.2) is 52.1 Å². The van der Waals surface area contributed by atoms with Crippen molar-refractivity contribution in [2.45, 2.75) is 19.8 Å². The average Bonchev–Trinajstić information content (AvgIpc) is 3.40. The highest BCUT2D eigenvalue weighted by Crippen LogP contribution is 2.14. The Morgan fingerprint density at radius 2 is 2.00 bits per heavy atom. The lowest BCUT2D eigenvalue weighted by Gasteiger charge is -2.11. The van der Waals surface area contributed by atoms with Gasteiger partial charge in [0.25, 0.3) is 0 Å². The summed E-state index contributed by atoms with van der Waals surface area (Å²) in [5.41, 5.74) is 1.25. The lowest BCUT2D eigenvalue weighted by atomic mass is 10.1. The number of hydrogen-bond acceptors (Lipinski definition) is 5. The van der Waals surface area contributed by atoms with E-state index in [1.165, 1.54) is 5.56 Å². The molecule has 0 spiro atoms. The van der Waals surface area contributed by atoms with E-state index in [1.807, 2.05) is 31.2 Å². The number of guanidine groups is 1. The topological polar surface area (TPSA) is 100 Å². The van der Waals surface area contributed by atoms with Gasteiger partial charge in [0.1, 0.15) is 11.6 Å². The number of methoxy groups -OCH3 is 1. The molecule has 3 aromatic rings. The molecule has 9 heteroatoms. The van der Waals surface area contributed by atoms with Crippen molar-refractivity contribution in [3.05, 3.63) is 54.0 Å². The summed E-state index contributed by atoms with van der Waals surface area (Å²) < 4.78 is 10.5. The maximum absolute atomic E-state index is 5.30. The summed E-state index contributed by atoms with van der Waals surface area (Å²) in [5.74, 6) is 3.66. The number of benzene rings is 1. The summed E-state index contributed by atoms with van der Waals surface area (Å²) in [6.07, 6.45) is 3.18. The molecule has 0 atom stereocenters. The van der Waals surface area contributed by atoms with E-state index in [0.29, 0.717) is 24.6 Å². The minimum Gasteiger partial charge on any atom is -0.497 e. The summed E-state index contributed by atoms with van der Waals surface area (Å²) in [4.78, 5) is 9.03. The van der Waals surface area contributed by atoms with Crippen molar-refractivity contribution in [2.24, 2.45) is 4.99 Å². The Balaban J connectivity index is 0.00000300. The van der Waals surface area contributed by atoms with Crippen LogP contribution in [-0.2, 0) is 12.8 Å². The van der Waals surface area contributed by atoms with Gasteiger partial charge in [0.05, 0.1) is 13.4 Å². The highest BCUT2D eigenvalue weighted by Gasteiger charge is 2.08. The van der Waals surface area contributed by atoms with E-state index in [2.05, 4.69) is 42.9 Å². The van der Waals surface area contributed by atoms with Crippen LogP contribution in [0.5, 0.6) is 5.75 Å². The third-order valence-corrected chi connectivity index (χ3v) is 4.10. The number of aromatic nitrogens is 3. The molecule has 3 rings (SSSR count). The fourth-order valence-corrected chi connectivity index (χ4v) is 2.66. The first-order valence-electron chi connectivity index (χ1n) is 9.38. The molecule has 29 heavy (non-hydrogen) atoms. The first kappa shape index (κ1) is 22.7. The monoisotopic (exact) mass is 510 g/mol. The van der Waals surface area contributed by atoms with Gasteiger partial charge in [0.15, 0.2) is 11.7 Å². The lowest BCUT2D eigenvalue weighted by Crippen LogP contribution is -2.38. The van der Waals surface area contributed by atoms with Crippen molar-refractivity contribution < 1.29 is 9.15 Å². The molecule has 3 N–H and O–H groups in total. The molecule has 0 radical (unpaired) electrons. The zero-order valence-electron chi connectivity index (χ0n) is 16.6. The van der Waals surface area contributed by atoms with Crippen LogP contribution >= 0.6 is 24.0 Å². The minimum absolute atomic E-state index is 0. The molecular weight excluding hydrogens is 483 g/mol. The normalized spacial score (nSPS) is 11.0. The fraction of sp³-hybridized carbons (Fsp3) is 0.350. The molecule has 156 valence electrons. The number of furan rings is 1. The fourth-order valence-electron chi connectivity index (χ4n) is 2.66. The van der Waals surface area contributed by atoms with Crippen molar-refractivity contribution in [2.75, 3.05) is 26.7 Å². The molecule has 0 aliphatic rings. The second kappa shape index (κ2) is 12.1. The Hall–Kier alpha value is -2.56. The van der Waals surface area contributed by atoms with Gasteiger partial charge >= 0.3 is 0 Å². The van der Waals surface area contributed by atoms with Crippen LogP contribution in [0.3, 0.4) is 0 Å². The first-order chi connectivity index (χ1) is 13.8. The number of halogens is 1. The summed E-state index contributed by atoms with van der Waals surface area (Å²) in [6, 6.07) is 11.7. The van der Waals surface area contributed by atoms with Crippen molar-refractivity contribution in [3.63, 3.8) is 0 Å². The molecule has 0 aliphatic heterocycles. The Labute approximate surface area is 187 Å². The molecule has 0 bridgehead atoms. The highest BCUT2D eigenvalue weighted by molar-refractivity contribution is 14.0. The second-order valence-electron chi connectivity index (χ2n) is 6.12. The van der Waals surface area contributed by atoms with Gasteiger partial charge in [-0.05, 0) is 43.2 Å². The van der Waals surface area contributed by atoms with E-state index >= 15 is 0 Å². The molecule has 8 nitrogen and oxygen atoms in total. The SMILES string of the molecule is CCNC(=NCCc1nc(-c2ccco2)n[nH]1)NCCc1ccc(OC)cc1.I. The Bertz CT molecular complexity index is 861. The standard InChI is InChI=1S/C20H26N6O2.HI/c1-3-21-20(22-12-10-15-6-8-16(27-2)9-7-15)23-13-11-18-24-19(26-25-18)17-5-4-14-28-17;/h4-9,14H,3,10-13H2,1-2H3,(H2,21,22,23)(H,24,25,26);1H. The van der Waals surface area contributed by atoms with Crippen LogP contribution in [0.1, 0.15) is 18.3 Å². The van der Waals surface area contributed by atoms with Gasteiger partial charge in [0, 0.05) is 26.1 Å². The molecule has 2 heterocycles. The smallest absolute Gasteiger partial charge is 0.216 e. The molecule has 2 aromatic heterocycles. The van der Waals surface area contributed by atoms with Crippen LogP contribution in [0.25, 0.3) is 11.6 Å². The van der Waals surface area contributed by atoms with Crippen LogP contribution < -0.4 is 15.4 Å². The van der Waals surface area contributed by atoms with Gasteiger partial charge in [-0.1, -0.05) is 12.1 Å². The second-order valence-corrected chi connectivity index (χ2v) is 6.12. The van der Waals surface area contributed by atoms with Crippen LogP contribution in [0.2, 0.25) is 0 Å². The molecule has 0 amide bonds. The van der Waals surface area contributed by atoms with E-state index in [4.69, 9.17) is 9.15 Å². The highest BCUT2D eigenvalue weighted by atomic mass is 127. The van der Waals surface area contributed by atoms with E-state index in [0.717, 1.165) is 37.0 Å². The number of ether oxygens (including phenoxy) is 1. The quantitative estimate of drug-likeness (QED) is 0.233. The summed E-state index contributed by atoms with van der Waals surface area (Å²) in [7, 11) is 1.67. The maximum atomic E-state index is 5.30. The summed E-state index contributed by atoms with van der Waals surface area (Å²) in [6.45, 7) is 4.25. The molecular formula is C20H27IN6O2. The third-order valence-electron chi connectivity index (χ3n) is 4.10. The number of nitrogens with one attached hydrogen (secondary N) is 3. The molecule has 0 unspecified atom stereocenters. The average molecular weight is 510 g/mol. The number of H-pyrrole nitrogens is 1. The van der Waals surface area contributed by atoms with Crippen molar-refractivity contribution >= 4 is 29.9 Å². The Kier molecular flexibility index (Phi) is 9.48. The predicted molar refractivity (Wildman–Crippen MR) is 124 cm³/mol. The molecule has 0 aliphatic carbocycles. The van der Waals surface area contributed by atoms with Gasteiger partial charge in [-0.3, -0.25) is 10.1 Å². The van der Waals surface area contributed by atoms with Gasteiger partial charge in [-0.25, -0.2) is 4.98 Å². The number of nitrogens with zero attached hydrogens (tertiary/aromatic N) is 3. The zero-order valence-corrected chi connectivity index (χ0v) is 19.0. The molecule has 0 saturated carbocycles. The van der Waals surface area contributed by atoms with Crippen molar-refractivity contribution in [1.82, 2.24) is 25.8 Å². The Morgan fingerprint density at radius 1 is 1.17 bits per heavy atom. The predicted octanol–water partition coefficient (Wildman–Crippen LogP) is 3.03. The van der Waals surface area contributed by atoms with Crippen molar-refractivity contribution in [3.8, 4) is 17.3 Å². The summed E-state index contributed by atoms with van der Waals surface area (Å²) in [5, 5.41) is 13.7. The van der Waals surface area contributed by atoms with Gasteiger partial charge < -0.3 is 19.8 Å². The number of rotatable bonds is 9. The van der Waals surface area contributed by atoms with Crippen LogP contribution in [0, 0.1) is 0 Å². The molecule has 0 fully saturated rings. The molecule has 1 aromatic carbocycles. The lowest BCUT2D eigenvalue weighted by molar-refractivity contribution is 0.414. The van der Waals surface area contributed by atoms with Gasteiger partial charge in [0.2, 0.25) is 5.82 Å². The number of aromatic amines is 1. The van der Waals surface area contributed by atoms with Crippen molar-refractivity contribution in [1.29, 1.82) is 0 Å². The first-order valence-corrected chi connectivity index (χ1v) is 9.38. The van der Waals surface area contributed by atoms with E-state index in [9.17, 15) is 0 Å². The van der Waals surface area contributed by atoms with E-state index in [1.54, 1.807) is 13.4 Å². The minimum atomic E-state index is 0. The number of hydrogen-bond donors (Lipinski definition) is 3. The largest absolute Gasteiger partial charge is 0.497 e. The number of aliphatic imine (C=N–C) groups is 1. The van der Waals surface area contributed by atoms with E-state index in [-0.39, 0.29) is 24.0 Å².